The molecule has 0 aliphatic heterocycles. The maximum atomic E-state index is 2.20. The van der Waals surface area contributed by atoms with Gasteiger partial charge in [-0.2, -0.15) is 33.9 Å². The second-order valence-electron chi connectivity index (χ2n) is 5.79. The van der Waals surface area contributed by atoms with E-state index < -0.39 is 0 Å². The molecule has 0 nitrogen and oxygen atoms in total. The average Bonchev–Trinajstić information content (AvgIpc) is 2.89. The fraction of sp³-hybridized carbons (Fsp3) is 0.300. The van der Waals surface area contributed by atoms with Crippen LogP contribution in [0.4, 0.5) is 0 Å². The number of hydrogen-bond acceptors (Lipinski definition) is 0. The van der Waals surface area contributed by atoms with Gasteiger partial charge in [0, 0.05) is 0 Å². The van der Waals surface area contributed by atoms with Crippen LogP contribution in [-0.2, 0) is 26.2 Å². The molecule has 0 spiro atoms. The summed E-state index contributed by atoms with van der Waals surface area (Å²) in [5, 5.41) is 2.69. The van der Waals surface area contributed by atoms with E-state index in [4.69, 9.17) is 0 Å². The molecule has 3 aromatic rings. The Labute approximate surface area is 181 Å². The largest absolute Gasteiger partial charge is 4.00 e. The van der Waals surface area contributed by atoms with Crippen LogP contribution in [-0.4, -0.2) is 0 Å². The van der Waals surface area contributed by atoms with Crippen LogP contribution < -0.4 is 34.0 Å². The van der Waals surface area contributed by atoms with E-state index in [0.717, 1.165) is 0 Å². The molecule has 0 saturated heterocycles. The molecule has 0 amide bonds. The van der Waals surface area contributed by atoms with Gasteiger partial charge in [0.05, 0.1) is 0 Å². The van der Waals surface area contributed by atoms with Crippen molar-refractivity contribution in [1.29, 1.82) is 0 Å². The predicted molar refractivity (Wildman–Crippen MR) is 90.0 cm³/mol. The molecule has 23 heavy (non-hydrogen) atoms. The van der Waals surface area contributed by atoms with Crippen LogP contribution in [0.1, 0.15) is 33.4 Å². The molecule has 0 saturated carbocycles. The average molecular weight is 515 g/mol. The molecule has 3 rings (SSSR count). The number of benzene rings is 1. The minimum Gasteiger partial charge on any atom is -1.00 e. The molecule has 122 valence electrons. The van der Waals surface area contributed by atoms with E-state index in [1.807, 2.05) is 0 Å². The van der Waals surface area contributed by atoms with E-state index >= 15 is 0 Å². The Hall–Kier alpha value is 0.0231. The maximum absolute atomic E-state index is 2.20. The number of fused-ring (bicyclic) bond motifs is 1. The smallest absolute Gasteiger partial charge is 1.00 e. The van der Waals surface area contributed by atoms with Crippen molar-refractivity contribution in [2.75, 3.05) is 0 Å². The summed E-state index contributed by atoms with van der Waals surface area (Å²) >= 11 is 0. The molecule has 3 heteroatoms. The van der Waals surface area contributed by atoms with Gasteiger partial charge in [0.25, 0.3) is 0 Å². The van der Waals surface area contributed by atoms with Gasteiger partial charge in [-0.05, 0) is 0 Å². The first-order valence-corrected chi connectivity index (χ1v) is 7.23. The monoisotopic (exact) mass is 512 g/mol. The third kappa shape index (κ3) is 5.80. The molecule has 0 aliphatic carbocycles. The van der Waals surface area contributed by atoms with Crippen LogP contribution in [0.2, 0.25) is 0 Å². The molecular weight excluding hydrogens is 491 g/mol. The zero-order valence-corrected chi connectivity index (χ0v) is 20.4. The molecule has 0 radical (unpaired) electrons. The Morgan fingerprint density at radius 3 is 1.70 bits per heavy atom. The van der Waals surface area contributed by atoms with Gasteiger partial charge in [-0.1, -0.05) is 47.6 Å². The van der Waals surface area contributed by atoms with Crippen molar-refractivity contribution in [1.82, 2.24) is 0 Å². The minimum absolute atomic E-state index is 0. The van der Waals surface area contributed by atoms with Crippen LogP contribution in [0.15, 0.2) is 36.4 Å². The van der Waals surface area contributed by atoms with E-state index in [9.17, 15) is 0 Å². The van der Waals surface area contributed by atoms with Crippen molar-refractivity contribution in [3.63, 3.8) is 0 Å². The third-order valence-electron chi connectivity index (χ3n) is 4.57. The SMILES string of the molecule is Cc1c(C)c(C)[c-](C)c1C.Cc1cc2ccccc2[cH-]1.[Br-].[Br-].[Zr+4]. The van der Waals surface area contributed by atoms with E-state index in [2.05, 4.69) is 77.9 Å². The quantitative estimate of drug-likeness (QED) is 0.365. The molecule has 0 unspecified atom stereocenters. The van der Waals surface area contributed by atoms with Gasteiger partial charge in [-0.15, -0.1) is 40.6 Å². The van der Waals surface area contributed by atoms with Crippen LogP contribution in [0, 0.1) is 41.5 Å². The van der Waals surface area contributed by atoms with Crippen molar-refractivity contribution in [3.8, 4) is 0 Å². The molecule has 0 fully saturated rings. The molecule has 0 aliphatic rings. The van der Waals surface area contributed by atoms with Gasteiger partial charge in [0.1, 0.15) is 0 Å². The number of halogens is 2. The molecule has 0 heterocycles. The van der Waals surface area contributed by atoms with E-state index in [1.165, 1.54) is 44.2 Å². The second-order valence-corrected chi connectivity index (χ2v) is 5.79. The van der Waals surface area contributed by atoms with Gasteiger partial charge in [-0.25, -0.2) is 0 Å². The fourth-order valence-corrected chi connectivity index (χ4v) is 2.71. The van der Waals surface area contributed by atoms with Crippen molar-refractivity contribution < 1.29 is 60.2 Å². The first-order valence-electron chi connectivity index (χ1n) is 7.23. The van der Waals surface area contributed by atoms with E-state index in [0.29, 0.717) is 0 Å². The zero-order valence-electron chi connectivity index (χ0n) is 14.7. The van der Waals surface area contributed by atoms with Crippen molar-refractivity contribution in [3.05, 3.63) is 69.8 Å². The Morgan fingerprint density at radius 1 is 0.826 bits per heavy atom. The van der Waals surface area contributed by atoms with Crippen molar-refractivity contribution in [2.24, 2.45) is 0 Å². The summed E-state index contributed by atoms with van der Waals surface area (Å²) in [4.78, 5) is 0. The second kappa shape index (κ2) is 10.8. The number of aryl methyl sites for hydroxylation is 1. The summed E-state index contributed by atoms with van der Waals surface area (Å²) in [7, 11) is 0. The Morgan fingerprint density at radius 2 is 1.30 bits per heavy atom. The standard InChI is InChI=1S/C10H9.C10H15.2BrH.Zr/c1-8-6-9-4-2-3-5-10(9)7-8;1-6-7(2)9(4)10(5)8(6)3;;;/h2-7H,1H3;1-5H3;2*1H;/q2*-1;;;+4/p-2. The maximum Gasteiger partial charge on any atom is 4.00 e. The van der Waals surface area contributed by atoms with E-state index in [-0.39, 0.29) is 60.2 Å². The van der Waals surface area contributed by atoms with Crippen LogP contribution in [0.25, 0.3) is 10.8 Å². The van der Waals surface area contributed by atoms with Gasteiger partial charge in [0.15, 0.2) is 0 Å². The first kappa shape index (κ1) is 25.3. The van der Waals surface area contributed by atoms with Gasteiger partial charge in [0.2, 0.25) is 0 Å². The minimum atomic E-state index is 0. The molecule has 0 atom stereocenters. The summed E-state index contributed by atoms with van der Waals surface area (Å²) in [6.45, 7) is 13.1. The van der Waals surface area contributed by atoms with Gasteiger partial charge < -0.3 is 34.0 Å². The van der Waals surface area contributed by atoms with Crippen LogP contribution in [0.5, 0.6) is 0 Å². The predicted octanol–water partition coefficient (Wildman–Crippen LogP) is -0.180. The summed E-state index contributed by atoms with van der Waals surface area (Å²) < 4.78 is 0. The third-order valence-corrected chi connectivity index (χ3v) is 4.57. The fourth-order valence-electron chi connectivity index (χ4n) is 2.71. The van der Waals surface area contributed by atoms with Crippen molar-refractivity contribution >= 4 is 10.8 Å². The van der Waals surface area contributed by atoms with E-state index in [1.54, 1.807) is 0 Å². The summed E-state index contributed by atoms with van der Waals surface area (Å²) in [6.07, 6.45) is 0. The van der Waals surface area contributed by atoms with Gasteiger partial charge >= 0.3 is 26.2 Å². The molecule has 0 N–H and O–H groups in total. The number of hydrogen-bond donors (Lipinski definition) is 0. The Kier molecular flexibility index (Phi) is 11.9. The molecule has 0 bridgehead atoms. The van der Waals surface area contributed by atoms with Crippen LogP contribution in [0.3, 0.4) is 0 Å². The zero-order chi connectivity index (χ0) is 14.9. The number of rotatable bonds is 0. The van der Waals surface area contributed by atoms with Gasteiger partial charge in [-0.3, -0.25) is 0 Å². The molecule has 3 aromatic carbocycles. The van der Waals surface area contributed by atoms with Crippen molar-refractivity contribution in [2.45, 2.75) is 41.5 Å². The summed E-state index contributed by atoms with van der Waals surface area (Å²) in [5.41, 5.74) is 8.69. The Balaban J connectivity index is 0. The topological polar surface area (TPSA) is 0 Å². The Bertz CT molecular complexity index is 622. The summed E-state index contributed by atoms with van der Waals surface area (Å²) in [6, 6.07) is 12.8. The normalized spacial score (nSPS) is 9.13. The first-order chi connectivity index (χ1) is 9.41. The van der Waals surface area contributed by atoms with Crippen LogP contribution >= 0.6 is 0 Å². The molecule has 0 aromatic heterocycles. The molecular formula is C20H24Br2Zr. The summed E-state index contributed by atoms with van der Waals surface area (Å²) in [5.74, 6) is 0.